The number of hydrogen-bond acceptors (Lipinski definition) is 0. The van der Waals surface area contributed by atoms with Crippen LogP contribution in [0.2, 0.25) is 0 Å². The summed E-state index contributed by atoms with van der Waals surface area (Å²) in [5.41, 5.74) is 8.81. The molecule has 0 N–H and O–H groups in total. The molecule has 0 atom stereocenters. The van der Waals surface area contributed by atoms with E-state index in [-0.39, 0.29) is 16.2 Å². The van der Waals surface area contributed by atoms with Crippen molar-refractivity contribution in [2.45, 2.75) is 91.9 Å². The first-order chi connectivity index (χ1) is 14.6. The van der Waals surface area contributed by atoms with Gasteiger partial charge in [0.2, 0.25) is 0 Å². The Kier molecular flexibility index (Phi) is 9.03. The fourth-order valence-electron chi connectivity index (χ4n) is 4.12. The van der Waals surface area contributed by atoms with Gasteiger partial charge in [0.15, 0.2) is 0 Å². The number of hydrogen-bond donors (Lipinski definition) is 0. The molecule has 0 bridgehead atoms. The predicted octanol–water partition coefficient (Wildman–Crippen LogP) is 10.1. The summed E-state index contributed by atoms with van der Waals surface area (Å²) in [7, 11) is 9.87. The van der Waals surface area contributed by atoms with E-state index in [4.69, 9.17) is 17.0 Å². The molecular formula is C29H39Cl2Zr-. The minimum absolute atomic E-state index is 0.0901. The molecule has 0 heterocycles. The van der Waals surface area contributed by atoms with E-state index in [1.54, 1.807) is 0 Å². The second kappa shape index (κ2) is 10.4. The third-order valence-electron chi connectivity index (χ3n) is 6.12. The van der Waals surface area contributed by atoms with Gasteiger partial charge in [-0.25, -0.2) is 0 Å². The zero-order valence-electron chi connectivity index (χ0n) is 21.5. The van der Waals surface area contributed by atoms with E-state index in [2.05, 4.69) is 112 Å². The van der Waals surface area contributed by atoms with Crippen LogP contribution in [0.15, 0.2) is 42.5 Å². The Labute approximate surface area is 215 Å². The molecule has 0 saturated heterocycles. The molecule has 0 unspecified atom stereocenters. The van der Waals surface area contributed by atoms with E-state index in [1.807, 2.05) is 0 Å². The molecule has 3 aromatic carbocycles. The van der Waals surface area contributed by atoms with Crippen LogP contribution >= 0.6 is 17.0 Å². The van der Waals surface area contributed by atoms with E-state index in [0.29, 0.717) is 0 Å². The summed E-state index contributed by atoms with van der Waals surface area (Å²) in [4.78, 5) is 0. The summed E-state index contributed by atoms with van der Waals surface area (Å²) in [5, 5.41) is 2.77. The SMILES string of the molecule is CCc1cc2c(-c3cc(C(C)(C)C)cc(C(C)(C)C)c3)c(C(C)(C)C)ccc2[cH-]1.[Cl][Zr][Cl]. The van der Waals surface area contributed by atoms with Gasteiger partial charge in [-0.1, -0.05) is 98.6 Å². The van der Waals surface area contributed by atoms with Crippen molar-refractivity contribution in [2.75, 3.05) is 0 Å². The Morgan fingerprint density at radius 2 is 1.25 bits per heavy atom. The van der Waals surface area contributed by atoms with Crippen LogP contribution in [0.4, 0.5) is 0 Å². The van der Waals surface area contributed by atoms with Crippen LogP contribution < -0.4 is 0 Å². The molecule has 174 valence electrons. The Bertz CT molecular complexity index is 1020. The Hall–Kier alpha value is -0.487. The zero-order chi connectivity index (χ0) is 24.5. The van der Waals surface area contributed by atoms with Gasteiger partial charge >= 0.3 is 37.9 Å². The van der Waals surface area contributed by atoms with Crippen molar-refractivity contribution in [1.29, 1.82) is 0 Å². The van der Waals surface area contributed by atoms with Crippen molar-refractivity contribution in [1.82, 2.24) is 0 Å². The molecule has 0 nitrogen and oxygen atoms in total. The molecule has 0 aliphatic heterocycles. The minimum atomic E-state index is -0.826. The summed E-state index contributed by atoms with van der Waals surface area (Å²) in [6.07, 6.45) is 1.08. The third-order valence-corrected chi connectivity index (χ3v) is 6.12. The fraction of sp³-hybridized carbons (Fsp3) is 0.483. The number of fused-ring (bicyclic) bond motifs is 1. The molecule has 0 saturated carbocycles. The Balaban J connectivity index is 0.00000114. The third kappa shape index (κ3) is 6.55. The van der Waals surface area contributed by atoms with E-state index in [1.165, 1.54) is 44.2 Å². The number of aryl methyl sites for hydroxylation is 1. The second-order valence-corrected chi connectivity index (χ2v) is 15.6. The van der Waals surface area contributed by atoms with Crippen LogP contribution in [-0.2, 0) is 43.5 Å². The molecule has 0 fully saturated rings. The van der Waals surface area contributed by atoms with E-state index in [0.717, 1.165) is 6.42 Å². The molecule has 0 radical (unpaired) electrons. The Morgan fingerprint density at radius 3 is 1.66 bits per heavy atom. The summed E-state index contributed by atoms with van der Waals surface area (Å²) < 4.78 is 0. The maximum atomic E-state index is 4.93. The molecule has 3 rings (SSSR count). The van der Waals surface area contributed by atoms with Gasteiger partial charge in [0.05, 0.1) is 0 Å². The van der Waals surface area contributed by atoms with Crippen LogP contribution in [0.1, 0.15) is 91.5 Å². The number of halogens is 2. The number of benzene rings is 2. The predicted molar refractivity (Wildman–Crippen MR) is 142 cm³/mol. The topological polar surface area (TPSA) is 0 Å². The van der Waals surface area contributed by atoms with E-state index >= 15 is 0 Å². The normalized spacial score (nSPS) is 12.5. The summed E-state index contributed by atoms with van der Waals surface area (Å²) in [5.74, 6) is 0. The summed E-state index contributed by atoms with van der Waals surface area (Å²) >= 11 is -0.826. The van der Waals surface area contributed by atoms with E-state index < -0.39 is 20.8 Å². The second-order valence-electron chi connectivity index (χ2n) is 11.8. The van der Waals surface area contributed by atoms with Gasteiger partial charge in [-0.3, -0.25) is 0 Å². The van der Waals surface area contributed by atoms with Gasteiger partial charge in [-0.15, -0.1) is 34.5 Å². The number of rotatable bonds is 2. The standard InChI is InChI=1S/C29H39.2ClH.Zr/c1-11-19-14-20-12-13-25(29(8,9)10)26(24(20)15-19)21-16-22(27(2,3)4)18-23(17-21)28(5,6)7;;;/h12-18H,11H2,1-10H3;2*1H;/q-1;;;+2/p-2. The molecule has 0 aliphatic rings. The zero-order valence-corrected chi connectivity index (χ0v) is 25.5. The van der Waals surface area contributed by atoms with Gasteiger partial charge < -0.3 is 0 Å². The molecular weight excluding hydrogens is 510 g/mol. The van der Waals surface area contributed by atoms with Gasteiger partial charge in [0.25, 0.3) is 0 Å². The molecule has 3 aromatic rings. The van der Waals surface area contributed by atoms with Gasteiger partial charge in [-0.05, 0) is 39.4 Å². The Morgan fingerprint density at radius 1 is 0.750 bits per heavy atom. The molecule has 3 heteroatoms. The summed E-state index contributed by atoms with van der Waals surface area (Å²) in [6.45, 7) is 23.2. The molecule has 0 aromatic heterocycles. The summed E-state index contributed by atoms with van der Waals surface area (Å²) in [6, 6.07) is 16.8. The van der Waals surface area contributed by atoms with Crippen molar-refractivity contribution >= 4 is 27.8 Å². The van der Waals surface area contributed by atoms with Crippen LogP contribution in [-0.4, -0.2) is 0 Å². The van der Waals surface area contributed by atoms with Crippen molar-refractivity contribution in [2.24, 2.45) is 0 Å². The van der Waals surface area contributed by atoms with Gasteiger partial charge in [0, 0.05) is 0 Å². The first-order valence-corrected chi connectivity index (χ1v) is 17.8. The quantitative estimate of drug-likeness (QED) is 0.279. The average molecular weight is 550 g/mol. The molecule has 0 amide bonds. The molecule has 0 aliphatic carbocycles. The van der Waals surface area contributed by atoms with Gasteiger partial charge in [0.1, 0.15) is 0 Å². The van der Waals surface area contributed by atoms with Crippen molar-refractivity contribution in [3.63, 3.8) is 0 Å². The van der Waals surface area contributed by atoms with Crippen LogP contribution in [0.3, 0.4) is 0 Å². The van der Waals surface area contributed by atoms with Crippen molar-refractivity contribution < 1.29 is 20.8 Å². The van der Waals surface area contributed by atoms with Crippen molar-refractivity contribution in [3.8, 4) is 11.1 Å². The first kappa shape index (κ1) is 27.8. The average Bonchev–Trinajstić information content (AvgIpc) is 3.08. The fourth-order valence-corrected chi connectivity index (χ4v) is 4.12. The molecule has 32 heavy (non-hydrogen) atoms. The van der Waals surface area contributed by atoms with Gasteiger partial charge in [-0.2, -0.15) is 6.07 Å². The molecule has 0 spiro atoms. The van der Waals surface area contributed by atoms with Crippen molar-refractivity contribution in [3.05, 3.63) is 64.7 Å². The van der Waals surface area contributed by atoms with Crippen LogP contribution in [0, 0.1) is 0 Å². The van der Waals surface area contributed by atoms with E-state index in [9.17, 15) is 0 Å². The van der Waals surface area contributed by atoms with Crippen LogP contribution in [0.25, 0.3) is 21.9 Å². The van der Waals surface area contributed by atoms with Crippen LogP contribution in [0.5, 0.6) is 0 Å². The maximum absolute atomic E-state index is 4.93. The first-order valence-electron chi connectivity index (χ1n) is 11.5. The monoisotopic (exact) mass is 547 g/mol.